The van der Waals surface area contributed by atoms with Crippen LogP contribution in [0.4, 0.5) is 4.79 Å². The first-order valence-corrected chi connectivity index (χ1v) is 10.1. The number of nitrogens with one attached hydrogen (secondary N) is 3. The highest BCUT2D eigenvalue weighted by molar-refractivity contribution is 5.80. The molecule has 0 radical (unpaired) electrons. The molecule has 4 N–H and O–H groups in total. The monoisotopic (exact) mass is 446 g/mol. The molecule has 31 heavy (non-hydrogen) atoms. The number of hydrogen-bond acceptors (Lipinski definition) is 8. The van der Waals surface area contributed by atoms with Gasteiger partial charge in [0.2, 0.25) is 11.8 Å². The molecule has 0 rings (SSSR count). The Labute approximate surface area is 184 Å². The van der Waals surface area contributed by atoms with Crippen molar-refractivity contribution in [1.29, 1.82) is 0 Å². The predicted molar refractivity (Wildman–Crippen MR) is 114 cm³/mol. The summed E-state index contributed by atoms with van der Waals surface area (Å²) in [7, 11) is 1.50. The fourth-order valence-electron chi connectivity index (χ4n) is 2.39. The quantitative estimate of drug-likeness (QED) is 0.308. The fourth-order valence-corrected chi connectivity index (χ4v) is 2.39. The molecule has 0 unspecified atom stereocenters. The summed E-state index contributed by atoms with van der Waals surface area (Å²) in [5, 5.41) is 13.0. The number of amides is 3. The Morgan fingerprint density at radius 1 is 0.903 bits per heavy atom. The van der Waals surface area contributed by atoms with Crippen LogP contribution in [0.3, 0.4) is 0 Å². The third-order valence-corrected chi connectivity index (χ3v) is 3.46. The van der Waals surface area contributed by atoms with Gasteiger partial charge in [0.15, 0.2) is 0 Å². The van der Waals surface area contributed by atoms with E-state index in [9.17, 15) is 19.2 Å². The van der Waals surface area contributed by atoms with E-state index in [1.54, 1.807) is 34.6 Å². The second kappa shape index (κ2) is 13.1. The Morgan fingerprint density at radius 3 is 1.90 bits per heavy atom. The van der Waals surface area contributed by atoms with Crippen LogP contribution in [-0.2, 0) is 19.1 Å². The smallest absolute Gasteiger partial charge is 0.422 e. The van der Waals surface area contributed by atoms with Gasteiger partial charge in [-0.2, -0.15) is 0 Å². The van der Waals surface area contributed by atoms with E-state index in [0.29, 0.717) is 6.54 Å². The lowest BCUT2D eigenvalue weighted by atomic mass is 10.2. The highest BCUT2D eigenvalue weighted by Gasteiger charge is 2.22. The summed E-state index contributed by atoms with van der Waals surface area (Å²) < 4.78 is 5.19. The Kier molecular flexibility index (Phi) is 12.0. The topological polar surface area (TPSA) is 144 Å². The molecule has 0 aromatic carbocycles. The zero-order valence-corrected chi connectivity index (χ0v) is 19.8. The molecule has 0 fully saturated rings. The molecular formula is C19H38N6O6. The van der Waals surface area contributed by atoms with Crippen molar-refractivity contribution in [2.75, 3.05) is 33.2 Å². The van der Waals surface area contributed by atoms with E-state index in [-0.39, 0.29) is 31.6 Å². The zero-order valence-electron chi connectivity index (χ0n) is 19.8. The van der Waals surface area contributed by atoms with Gasteiger partial charge in [-0.3, -0.25) is 30.7 Å². The first-order chi connectivity index (χ1) is 14.1. The van der Waals surface area contributed by atoms with Gasteiger partial charge in [0.05, 0.1) is 13.1 Å². The van der Waals surface area contributed by atoms with Crippen LogP contribution in [0.1, 0.15) is 48.5 Å². The molecule has 0 spiro atoms. The van der Waals surface area contributed by atoms with Crippen LogP contribution in [0.25, 0.3) is 0 Å². The molecule has 0 saturated heterocycles. The van der Waals surface area contributed by atoms with Gasteiger partial charge in [-0.15, -0.1) is 0 Å². The second-order valence-electron chi connectivity index (χ2n) is 8.93. The molecule has 0 aliphatic heterocycles. The number of carboxylic acids is 1. The molecule has 0 aromatic rings. The number of nitrogens with zero attached hydrogens (tertiary/aromatic N) is 3. The first-order valence-electron chi connectivity index (χ1n) is 10.1. The number of likely N-dealkylation sites (N-methyl/N-ethyl adjacent to an activating group) is 1. The summed E-state index contributed by atoms with van der Waals surface area (Å²) in [5.74, 6) is -1.84. The highest BCUT2D eigenvalue weighted by atomic mass is 16.6. The molecule has 180 valence electrons. The second-order valence-corrected chi connectivity index (χ2v) is 8.93. The third kappa shape index (κ3) is 15.1. The van der Waals surface area contributed by atoms with Crippen molar-refractivity contribution in [2.45, 2.75) is 60.1 Å². The van der Waals surface area contributed by atoms with Gasteiger partial charge in [-0.25, -0.2) is 19.8 Å². The van der Waals surface area contributed by atoms with E-state index in [1.807, 2.05) is 13.8 Å². The maximum atomic E-state index is 12.3. The van der Waals surface area contributed by atoms with Crippen molar-refractivity contribution in [3.63, 3.8) is 0 Å². The molecule has 12 heteroatoms. The highest BCUT2D eigenvalue weighted by Crippen LogP contribution is 2.07. The number of hydrazine groups is 3. The van der Waals surface area contributed by atoms with Crippen LogP contribution in [0.15, 0.2) is 0 Å². The lowest BCUT2D eigenvalue weighted by Crippen LogP contribution is -2.55. The van der Waals surface area contributed by atoms with Crippen LogP contribution in [0.5, 0.6) is 0 Å². The minimum Gasteiger partial charge on any atom is -0.480 e. The van der Waals surface area contributed by atoms with Gasteiger partial charge in [-0.1, -0.05) is 13.8 Å². The lowest BCUT2D eigenvalue weighted by Gasteiger charge is -2.29. The van der Waals surface area contributed by atoms with Gasteiger partial charge in [0.25, 0.3) is 0 Å². The normalized spacial score (nSPS) is 11.9. The Hall–Kier alpha value is -2.44. The van der Waals surface area contributed by atoms with Crippen molar-refractivity contribution in [3.05, 3.63) is 0 Å². The van der Waals surface area contributed by atoms with Gasteiger partial charge in [0, 0.05) is 19.6 Å². The molecule has 0 saturated carbocycles. The average molecular weight is 447 g/mol. The molecule has 0 aliphatic carbocycles. The van der Waals surface area contributed by atoms with Crippen LogP contribution >= 0.6 is 0 Å². The Morgan fingerprint density at radius 2 is 1.45 bits per heavy atom. The number of ether oxygens (including phenoxy) is 1. The number of aliphatic carboxylic acids is 1. The number of rotatable bonds is 12. The van der Waals surface area contributed by atoms with Gasteiger partial charge in [0.1, 0.15) is 12.1 Å². The van der Waals surface area contributed by atoms with E-state index in [0.717, 1.165) is 0 Å². The molecule has 0 heterocycles. The summed E-state index contributed by atoms with van der Waals surface area (Å²) in [4.78, 5) is 47.4. The molecule has 3 amide bonds. The minimum atomic E-state index is -1.06. The maximum Gasteiger partial charge on any atom is 0.422 e. The van der Waals surface area contributed by atoms with Crippen molar-refractivity contribution < 1.29 is 29.0 Å². The van der Waals surface area contributed by atoms with Crippen molar-refractivity contribution >= 4 is 23.9 Å². The number of hydrogen-bond donors (Lipinski definition) is 4. The first kappa shape index (κ1) is 28.6. The summed E-state index contributed by atoms with van der Waals surface area (Å²) in [6.07, 6.45) is -0.676. The maximum absolute atomic E-state index is 12.3. The molecule has 0 aromatic heterocycles. The zero-order chi connectivity index (χ0) is 24.4. The molecule has 0 atom stereocenters. The van der Waals surface area contributed by atoms with Crippen molar-refractivity contribution in [3.8, 4) is 0 Å². The Balaban J connectivity index is 4.68. The largest absolute Gasteiger partial charge is 0.480 e. The van der Waals surface area contributed by atoms with Gasteiger partial charge < -0.3 is 9.84 Å². The van der Waals surface area contributed by atoms with Crippen molar-refractivity contribution in [2.24, 2.45) is 5.92 Å². The predicted octanol–water partition coefficient (Wildman–Crippen LogP) is 0.173. The van der Waals surface area contributed by atoms with Crippen molar-refractivity contribution in [1.82, 2.24) is 31.3 Å². The minimum absolute atomic E-state index is 0.150. The van der Waals surface area contributed by atoms with Crippen LogP contribution in [-0.4, -0.2) is 88.9 Å². The standard InChI is InChI=1S/C19H38N6O6/c1-13(2)9-24(12-17(28)29)21-15(26)10-23(8)20-16(27)11-25(14(3)4)22-18(30)31-19(5,6)7/h13-14H,9-12H2,1-8H3,(H,20,27)(H,21,26)(H,22,30)(H,28,29). The number of carbonyl (C=O) groups is 4. The third-order valence-electron chi connectivity index (χ3n) is 3.46. The van der Waals surface area contributed by atoms with E-state index < -0.39 is 29.5 Å². The summed E-state index contributed by atoms with van der Waals surface area (Å²) in [6.45, 7) is 12.3. The van der Waals surface area contributed by atoms with Crippen LogP contribution in [0, 0.1) is 5.92 Å². The molecule has 0 aliphatic rings. The SMILES string of the molecule is CC(C)CN(CC(=O)O)NC(=O)CN(C)NC(=O)CN(NC(=O)OC(C)(C)C)C(C)C. The van der Waals surface area contributed by atoms with Crippen LogP contribution < -0.4 is 16.3 Å². The average Bonchev–Trinajstić information content (AvgIpc) is 2.49. The molecular weight excluding hydrogens is 408 g/mol. The summed E-state index contributed by atoms with van der Waals surface area (Å²) >= 11 is 0. The molecule has 0 bridgehead atoms. The fraction of sp³-hybridized carbons (Fsp3) is 0.789. The van der Waals surface area contributed by atoms with E-state index in [4.69, 9.17) is 9.84 Å². The van der Waals surface area contributed by atoms with Gasteiger partial charge in [-0.05, 0) is 40.5 Å². The summed E-state index contributed by atoms with van der Waals surface area (Å²) in [6, 6.07) is -0.188. The number of carboxylic acid groups (broad SMARTS) is 1. The lowest BCUT2D eigenvalue weighted by molar-refractivity contribution is -0.140. The summed E-state index contributed by atoms with van der Waals surface area (Å²) in [5.41, 5.74) is 6.92. The van der Waals surface area contributed by atoms with E-state index >= 15 is 0 Å². The molecule has 12 nitrogen and oxygen atoms in total. The van der Waals surface area contributed by atoms with Gasteiger partial charge >= 0.3 is 12.1 Å². The Bertz CT molecular complexity index is 619. The van der Waals surface area contributed by atoms with Crippen LogP contribution in [0.2, 0.25) is 0 Å². The van der Waals surface area contributed by atoms with E-state index in [2.05, 4.69) is 16.3 Å². The number of carbonyl (C=O) groups excluding carboxylic acids is 3. The van der Waals surface area contributed by atoms with E-state index in [1.165, 1.54) is 22.1 Å².